The van der Waals surface area contributed by atoms with Crippen LogP contribution in [0, 0.1) is 6.92 Å². The summed E-state index contributed by atoms with van der Waals surface area (Å²) in [6.45, 7) is 2.09. The van der Waals surface area contributed by atoms with E-state index in [9.17, 15) is 13.2 Å². The van der Waals surface area contributed by atoms with Gasteiger partial charge in [-0.25, -0.2) is 0 Å². The van der Waals surface area contributed by atoms with Crippen LogP contribution in [0.2, 0.25) is 0 Å². The Balaban J connectivity index is 2.71. The average Bonchev–Trinajstić information content (AvgIpc) is 2.27. The molecular weight excluding hydrogens is 241 g/mol. The maximum absolute atomic E-state index is 12.9. The first-order valence-electron chi connectivity index (χ1n) is 5.60. The number of hydrogen-bond donors (Lipinski definition) is 1. The Morgan fingerprint density at radius 1 is 1.28 bits per heavy atom. The molecule has 2 nitrogen and oxygen atoms in total. The molecule has 0 unspecified atom stereocenters. The number of hydrogen-bond acceptors (Lipinski definition) is 2. The van der Waals surface area contributed by atoms with Gasteiger partial charge in [0.2, 0.25) is 0 Å². The van der Waals surface area contributed by atoms with Crippen molar-refractivity contribution in [2.75, 3.05) is 6.54 Å². The number of fused-ring (bicyclic) bond motifs is 1. The van der Waals surface area contributed by atoms with Crippen LogP contribution in [0.15, 0.2) is 24.3 Å². The fraction of sp³-hybridized carbons (Fsp3) is 0.308. The largest absolute Gasteiger partial charge is 0.417 e. The molecule has 0 saturated heterocycles. The van der Waals surface area contributed by atoms with Gasteiger partial charge in [0.1, 0.15) is 0 Å². The van der Waals surface area contributed by atoms with Gasteiger partial charge in [-0.3, -0.25) is 4.98 Å². The standard InChI is InChI=1S/C13H13F3N2/c1-8-7-9(5-6-17)18-11-4-2-3-10(12(8)11)13(14,15)16/h2-4,7H,5-6,17H2,1H3. The maximum atomic E-state index is 12.9. The number of rotatable bonds is 2. The predicted molar refractivity (Wildman–Crippen MR) is 64.2 cm³/mol. The highest BCUT2D eigenvalue weighted by molar-refractivity contribution is 5.86. The second kappa shape index (κ2) is 4.57. The molecule has 96 valence electrons. The maximum Gasteiger partial charge on any atom is 0.417 e. The fourth-order valence-corrected chi connectivity index (χ4v) is 2.07. The van der Waals surface area contributed by atoms with E-state index >= 15 is 0 Å². The molecule has 0 fully saturated rings. The molecule has 2 N–H and O–H groups in total. The van der Waals surface area contributed by atoms with Crippen LogP contribution in [0.4, 0.5) is 13.2 Å². The summed E-state index contributed by atoms with van der Waals surface area (Å²) in [5.41, 5.74) is 6.47. The Hall–Kier alpha value is -1.62. The lowest BCUT2D eigenvalue weighted by molar-refractivity contribution is -0.136. The zero-order chi connectivity index (χ0) is 13.3. The molecule has 0 radical (unpaired) electrons. The van der Waals surface area contributed by atoms with Crippen molar-refractivity contribution >= 4 is 10.9 Å². The van der Waals surface area contributed by atoms with Crippen molar-refractivity contribution in [3.05, 3.63) is 41.1 Å². The molecule has 0 aliphatic rings. The molecule has 0 spiro atoms. The predicted octanol–water partition coefficient (Wildman–Crippen LogP) is 3.06. The van der Waals surface area contributed by atoms with Crippen molar-refractivity contribution in [1.82, 2.24) is 4.98 Å². The molecule has 0 aliphatic heterocycles. The van der Waals surface area contributed by atoms with Crippen molar-refractivity contribution in [3.8, 4) is 0 Å². The Morgan fingerprint density at radius 2 is 2.00 bits per heavy atom. The van der Waals surface area contributed by atoms with E-state index < -0.39 is 11.7 Å². The number of alkyl halides is 3. The van der Waals surface area contributed by atoms with Crippen LogP contribution in [0.3, 0.4) is 0 Å². The average molecular weight is 254 g/mol. The molecule has 0 atom stereocenters. The van der Waals surface area contributed by atoms with Crippen LogP contribution < -0.4 is 5.73 Å². The van der Waals surface area contributed by atoms with E-state index in [1.54, 1.807) is 19.1 Å². The summed E-state index contributed by atoms with van der Waals surface area (Å²) >= 11 is 0. The third kappa shape index (κ3) is 2.31. The van der Waals surface area contributed by atoms with Gasteiger partial charge in [0, 0.05) is 17.5 Å². The molecule has 5 heteroatoms. The van der Waals surface area contributed by atoms with E-state index in [1.807, 2.05) is 0 Å². The van der Waals surface area contributed by atoms with Crippen LogP contribution >= 0.6 is 0 Å². The smallest absolute Gasteiger partial charge is 0.330 e. The Kier molecular flexibility index (Phi) is 3.26. The zero-order valence-corrected chi connectivity index (χ0v) is 9.88. The minimum atomic E-state index is -4.36. The minimum absolute atomic E-state index is 0.172. The number of benzene rings is 1. The summed E-state index contributed by atoms with van der Waals surface area (Å²) in [6, 6.07) is 5.73. The Labute approximate surface area is 103 Å². The minimum Gasteiger partial charge on any atom is -0.330 e. The van der Waals surface area contributed by atoms with Gasteiger partial charge in [0.25, 0.3) is 0 Å². The molecule has 0 bridgehead atoms. The summed E-state index contributed by atoms with van der Waals surface area (Å²) in [6.07, 6.45) is -3.80. The highest BCUT2D eigenvalue weighted by Crippen LogP contribution is 2.35. The van der Waals surface area contributed by atoms with Gasteiger partial charge >= 0.3 is 6.18 Å². The van der Waals surface area contributed by atoms with Crippen LogP contribution in [-0.4, -0.2) is 11.5 Å². The lowest BCUT2D eigenvalue weighted by Gasteiger charge is -2.13. The third-order valence-corrected chi connectivity index (χ3v) is 2.79. The topological polar surface area (TPSA) is 38.9 Å². The number of nitrogens with zero attached hydrogens (tertiary/aromatic N) is 1. The van der Waals surface area contributed by atoms with Crippen molar-refractivity contribution in [3.63, 3.8) is 0 Å². The molecule has 0 aliphatic carbocycles. The summed E-state index contributed by atoms with van der Waals surface area (Å²) in [7, 11) is 0. The number of pyridine rings is 1. The zero-order valence-electron chi connectivity index (χ0n) is 9.88. The number of aromatic nitrogens is 1. The first kappa shape index (κ1) is 12.8. The first-order chi connectivity index (χ1) is 8.43. The van der Waals surface area contributed by atoms with Gasteiger partial charge in [0.15, 0.2) is 0 Å². The van der Waals surface area contributed by atoms with Gasteiger partial charge in [-0.05, 0) is 37.2 Å². The van der Waals surface area contributed by atoms with Crippen molar-refractivity contribution in [1.29, 1.82) is 0 Å². The van der Waals surface area contributed by atoms with Crippen LogP contribution in [0.1, 0.15) is 16.8 Å². The summed E-state index contributed by atoms with van der Waals surface area (Å²) in [4.78, 5) is 4.22. The fourth-order valence-electron chi connectivity index (χ4n) is 2.07. The molecular formula is C13H13F3N2. The normalized spacial score (nSPS) is 12.1. The second-order valence-electron chi connectivity index (χ2n) is 4.17. The van der Waals surface area contributed by atoms with E-state index in [0.717, 1.165) is 11.8 Å². The summed E-state index contributed by atoms with van der Waals surface area (Å²) < 4.78 is 38.7. The molecule has 0 amide bonds. The first-order valence-corrected chi connectivity index (χ1v) is 5.60. The summed E-state index contributed by atoms with van der Waals surface area (Å²) in [5.74, 6) is 0. The molecule has 1 aromatic heterocycles. The second-order valence-corrected chi connectivity index (χ2v) is 4.17. The van der Waals surface area contributed by atoms with Gasteiger partial charge < -0.3 is 5.73 Å². The van der Waals surface area contributed by atoms with Crippen LogP contribution in [0.5, 0.6) is 0 Å². The third-order valence-electron chi connectivity index (χ3n) is 2.79. The van der Waals surface area contributed by atoms with E-state index in [0.29, 0.717) is 24.0 Å². The number of halogens is 3. The Bertz CT molecular complexity index is 576. The van der Waals surface area contributed by atoms with Crippen molar-refractivity contribution < 1.29 is 13.2 Å². The van der Waals surface area contributed by atoms with Crippen LogP contribution in [0.25, 0.3) is 10.9 Å². The monoisotopic (exact) mass is 254 g/mol. The van der Waals surface area contributed by atoms with Gasteiger partial charge in [-0.15, -0.1) is 0 Å². The SMILES string of the molecule is Cc1cc(CCN)nc2cccc(C(F)(F)F)c12. The molecule has 1 heterocycles. The number of nitrogens with two attached hydrogens (primary N) is 1. The van der Waals surface area contributed by atoms with E-state index in [4.69, 9.17) is 5.73 Å². The molecule has 2 aromatic rings. The molecule has 18 heavy (non-hydrogen) atoms. The molecule has 0 saturated carbocycles. The molecule has 1 aromatic carbocycles. The van der Waals surface area contributed by atoms with Crippen LogP contribution in [-0.2, 0) is 12.6 Å². The molecule has 2 rings (SSSR count). The van der Waals surface area contributed by atoms with E-state index in [2.05, 4.69) is 4.98 Å². The van der Waals surface area contributed by atoms with Gasteiger partial charge in [-0.1, -0.05) is 6.07 Å². The highest BCUT2D eigenvalue weighted by Gasteiger charge is 2.33. The summed E-state index contributed by atoms with van der Waals surface area (Å²) in [5, 5.41) is 0.172. The van der Waals surface area contributed by atoms with Gasteiger partial charge in [0.05, 0.1) is 11.1 Å². The van der Waals surface area contributed by atoms with Crippen molar-refractivity contribution in [2.45, 2.75) is 19.5 Å². The van der Waals surface area contributed by atoms with Crippen molar-refractivity contribution in [2.24, 2.45) is 5.73 Å². The highest BCUT2D eigenvalue weighted by atomic mass is 19.4. The lowest BCUT2D eigenvalue weighted by atomic mass is 10.0. The van der Waals surface area contributed by atoms with E-state index in [-0.39, 0.29) is 5.39 Å². The van der Waals surface area contributed by atoms with E-state index in [1.165, 1.54) is 6.07 Å². The van der Waals surface area contributed by atoms with Gasteiger partial charge in [-0.2, -0.15) is 13.2 Å². The quantitative estimate of drug-likeness (QED) is 0.894. The number of aryl methyl sites for hydroxylation is 1. The lowest BCUT2D eigenvalue weighted by Crippen LogP contribution is -2.09. The Morgan fingerprint density at radius 3 is 2.61 bits per heavy atom.